The second kappa shape index (κ2) is 39.1. The van der Waals surface area contributed by atoms with Crippen molar-refractivity contribution in [1.29, 1.82) is 0 Å². The van der Waals surface area contributed by atoms with Gasteiger partial charge in [0, 0.05) is 47.2 Å². The highest BCUT2D eigenvalue weighted by molar-refractivity contribution is 6.05. The van der Waals surface area contributed by atoms with Crippen LogP contribution in [-0.4, -0.2) is 25.3 Å². The summed E-state index contributed by atoms with van der Waals surface area (Å²) in [6.07, 6.45) is 11.6. The Balaban J connectivity index is 0.000000203. The van der Waals surface area contributed by atoms with Gasteiger partial charge in [-0.2, -0.15) is 0 Å². The fraction of sp³-hybridized carbons (Fsp3) is 0.339. The minimum absolute atomic E-state index is 0. The Morgan fingerprint density at radius 1 is 0.325 bits per heavy atom. The normalized spacial score (nSPS) is 12.6. The van der Waals surface area contributed by atoms with Crippen LogP contribution in [0, 0.1) is 52.9 Å². The van der Waals surface area contributed by atoms with E-state index in [1.165, 1.54) is 110 Å². The van der Waals surface area contributed by atoms with Crippen molar-refractivity contribution in [2.45, 2.75) is 234 Å². The maximum atomic E-state index is 12.2. The van der Waals surface area contributed by atoms with Gasteiger partial charge in [-0.05, 0) is 236 Å². The second-order valence-electron chi connectivity index (χ2n) is 37.5. The molecule has 0 bridgehead atoms. The molecule has 4 heterocycles. The van der Waals surface area contributed by atoms with Gasteiger partial charge in [0.05, 0.1) is 11.4 Å². The monoisotopic (exact) mass is 1520 g/mol. The van der Waals surface area contributed by atoms with Crippen molar-refractivity contribution < 1.29 is 4.79 Å². The van der Waals surface area contributed by atoms with Gasteiger partial charge >= 0.3 is 0 Å². The SMILES string of the molecule is C.C.CC(C)(C)C1C=Cc2ccccc2C1=O.CC(C)(C)c1ccc2ccccc2c1.CC(C)(C)n1ccc2cccnc21.Cc1cc(C(C)(C)C)c(C)c2ccccc12.Cc1cc(C(C)(C)C)cc2ccccc12.Cc1cc(C)cc(C(C)(C)C)c1.Cc1cc2ccccc2cc1C(C)(C)C.c1ccc(-c2ccccn2)nc1. The van der Waals surface area contributed by atoms with Gasteiger partial charge in [-0.25, -0.2) is 4.98 Å². The number of Topliss-reactive ketones (excluding diaryl/α,β-unsaturated/α-hetero) is 1. The van der Waals surface area contributed by atoms with E-state index in [9.17, 15) is 4.79 Å². The topological polar surface area (TPSA) is 60.7 Å². The first-order chi connectivity index (χ1) is 52.4. The number of carbonyl (C=O) groups is 1. The van der Waals surface area contributed by atoms with Crippen LogP contribution in [0.15, 0.2) is 274 Å². The van der Waals surface area contributed by atoms with E-state index in [1.807, 2.05) is 79.0 Å². The Hall–Kier alpha value is -10.4. The van der Waals surface area contributed by atoms with Gasteiger partial charge < -0.3 is 4.57 Å². The summed E-state index contributed by atoms with van der Waals surface area (Å²) in [5, 5.41) is 12.0. The van der Waals surface area contributed by atoms with Crippen molar-refractivity contribution in [3.63, 3.8) is 0 Å². The smallest absolute Gasteiger partial charge is 0.170 e. The Morgan fingerprint density at radius 2 is 0.763 bits per heavy atom. The zero-order valence-electron chi connectivity index (χ0n) is 72.8. The molecule has 0 amide bonds. The van der Waals surface area contributed by atoms with Gasteiger partial charge in [0.2, 0.25) is 0 Å². The molecule has 598 valence electrons. The van der Waals surface area contributed by atoms with E-state index in [2.05, 4.69) is 395 Å². The Morgan fingerprint density at radius 3 is 1.28 bits per heavy atom. The van der Waals surface area contributed by atoms with Crippen LogP contribution in [0.4, 0.5) is 0 Å². The Bertz CT molecular complexity index is 5410. The van der Waals surface area contributed by atoms with E-state index in [0.29, 0.717) is 0 Å². The summed E-state index contributed by atoms with van der Waals surface area (Å²) in [5.41, 5.74) is 21.5. The third kappa shape index (κ3) is 25.6. The number of aromatic nitrogens is 4. The molecule has 0 saturated heterocycles. The highest BCUT2D eigenvalue weighted by atomic mass is 16.1. The first-order valence-electron chi connectivity index (χ1n) is 40.0. The molecule has 1 unspecified atom stereocenters. The number of rotatable bonds is 1. The van der Waals surface area contributed by atoms with Crippen molar-refractivity contribution in [1.82, 2.24) is 19.5 Å². The molecule has 0 saturated carbocycles. The molecule has 0 spiro atoms. The lowest BCUT2D eigenvalue weighted by Gasteiger charge is -2.29. The summed E-state index contributed by atoms with van der Waals surface area (Å²) in [6, 6.07) is 84.9. The number of allylic oxidation sites excluding steroid dienone is 1. The lowest BCUT2D eigenvalue weighted by molar-refractivity contribution is 0.0867. The molecule has 114 heavy (non-hydrogen) atoms. The zero-order chi connectivity index (χ0) is 82.3. The number of ketones is 1. The van der Waals surface area contributed by atoms with Gasteiger partial charge in [0.1, 0.15) is 5.65 Å². The summed E-state index contributed by atoms with van der Waals surface area (Å²) >= 11 is 0. The third-order valence-corrected chi connectivity index (χ3v) is 20.5. The molecule has 5 heteroatoms. The maximum Gasteiger partial charge on any atom is 0.170 e. The van der Waals surface area contributed by atoms with E-state index in [4.69, 9.17) is 0 Å². The molecule has 0 fully saturated rings. The molecule has 14 aromatic rings. The number of aryl methyl sites for hydroxylation is 6. The number of nitrogens with zero attached hydrogens (tertiary/aromatic N) is 4. The van der Waals surface area contributed by atoms with E-state index in [1.54, 1.807) is 12.4 Å². The Kier molecular flexibility index (Phi) is 31.7. The van der Waals surface area contributed by atoms with Crippen LogP contribution >= 0.6 is 0 Å². The fourth-order valence-corrected chi connectivity index (χ4v) is 14.2. The molecule has 5 nitrogen and oxygen atoms in total. The first-order valence-corrected chi connectivity index (χ1v) is 40.0. The average Bonchev–Trinajstić information content (AvgIpc) is 1.17. The van der Waals surface area contributed by atoms with E-state index < -0.39 is 0 Å². The molecule has 0 aliphatic heterocycles. The van der Waals surface area contributed by atoms with Crippen LogP contribution in [0.2, 0.25) is 0 Å². The molecular weight excluding hydrogens is 1380 g/mol. The van der Waals surface area contributed by atoms with Gasteiger partial charge in [-0.3, -0.25) is 14.8 Å². The van der Waals surface area contributed by atoms with Crippen molar-refractivity contribution in [2.24, 2.45) is 11.3 Å². The van der Waals surface area contributed by atoms with Crippen LogP contribution < -0.4 is 0 Å². The quantitative estimate of drug-likeness (QED) is 0.164. The van der Waals surface area contributed by atoms with Crippen LogP contribution in [0.5, 0.6) is 0 Å². The van der Waals surface area contributed by atoms with E-state index in [0.717, 1.165) is 28.2 Å². The molecule has 1 atom stereocenters. The standard InChI is InChI=1S/C16H20.2C15H18.C14H16O.C14H16.C12H18.C11H14N2.C10H8N2.2CH4/c1-11-10-15(16(3,4)5)12(2)14-9-7-6-8-13(11)14;1-11-9-13(15(2,3)4)10-12-7-5-6-8-14(11)12;1-11-9-12-7-5-6-8-13(12)10-14(11)15(2,3)4;1-14(2,3)12-9-8-10-6-4-5-7-11(10)13(12)15;1-14(2,3)13-9-8-11-6-4-5-7-12(11)10-13;1-9-6-10(2)8-11(7-9)12(3,4)5;1-11(2,3)13-8-6-9-5-4-7-12-10(9)13;1-3-7-11-9(5-1)10-6-2-4-8-12-10;;/h6-10H,1-5H3;2*5-10H,1-4H3;4-9,12H,1-3H3;4-10H,1-3H3;6-8H,1-5H3;4-8H,1-3H3;1-8H;2*1H4. The van der Waals surface area contributed by atoms with Gasteiger partial charge in [-0.15, -0.1) is 0 Å². The number of pyridine rings is 3. The molecule has 15 rings (SSSR count). The van der Waals surface area contributed by atoms with Crippen molar-refractivity contribution in [2.75, 3.05) is 0 Å². The molecule has 10 aromatic carbocycles. The van der Waals surface area contributed by atoms with Crippen molar-refractivity contribution in [3.05, 3.63) is 346 Å². The summed E-state index contributed by atoms with van der Waals surface area (Å²) in [7, 11) is 0. The summed E-state index contributed by atoms with van der Waals surface area (Å²) in [5.74, 6) is 0.257. The number of carbonyl (C=O) groups excluding carboxylic acids is 1. The molecular formula is C109H136N4O. The minimum atomic E-state index is 0. The minimum Gasteiger partial charge on any atom is -0.327 e. The average molecular weight is 1520 g/mol. The van der Waals surface area contributed by atoms with Crippen LogP contribution in [0.3, 0.4) is 0 Å². The zero-order valence-corrected chi connectivity index (χ0v) is 72.8. The Labute approximate surface area is 688 Å². The van der Waals surface area contributed by atoms with Crippen LogP contribution in [0.25, 0.3) is 71.6 Å². The molecule has 4 aromatic heterocycles. The third-order valence-electron chi connectivity index (χ3n) is 20.5. The van der Waals surface area contributed by atoms with Crippen LogP contribution in [0.1, 0.15) is 237 Å². The number of hydrogen-bond acceptors (Lipinski definition) is 4. The lowest BCUT2D eigenvalue weighted by atomic mass is 9.73. The summed E-state index contributed by atoms with van der Waals surface area (Å²) in [4.78, 5) is 25.0. The number of benzene rings is 10. The van der Waals surface area contributed by atoms with Crippen molar-refractivity contribution in [3.8, 4) is 11.4 Å². The van der Waals surface area contributed by atoms with Crippen molar-refractivity contribution >= 4 is 66.0 Å². The van der Waals surface area contributed by atoms with E-state index in [-0.39, 0.29) is 64.6 Å². The molecule has 1 aliphatic rings. The summed E-state index contributed by atoms with van der Waals surface area (Å²) in [6.45, 7) is 59.9. The lowest BCUT2D eigenvalue weighted by Crippen LogP contribution is -2.29. The second-order valence-corrected chi connectivity index (χ2v) is 37.5. The number of hydrogen-bond donors (Lipinski definition) is 0. The molecule has 0 N–H and O–H groups in total. The predicted molar refractivity (Wildman–Crippen MR) is 503 cm³/mol. The highest BCUT2D eigenvalue weighted by Gasteiger charge is 2.33. The predicted octanol–water partition coefficient (Wildman–Crippen LogP) is 31.1. The molecule has 0 radical (unpaired) electrons. The van der Waals surface area contributed by atoms with Gasteiger partial charge in [0.25, 0.3) is 0 Å². The highest BCUT2D eigenvalue weighted by Crippen LogP contribution is 2.37. The maximum absolute atomic E-state index is 12.2. The fourth-order valence-electron chi connectivity index (χ4n) is 14.2. The van der Waals surface area contributed by atoms with Gasteiger partial charge in [-0.1, -0.05) is 363 Å². The largest absolute Gasteiger partial charge is 0.327 e. The number of fused-ring (bicyclic) bond motifs is 6. The first kappa shape index (κ1) is 92.5. The van der Waals surface area contributed by atoms with Crippen LogP contribution in [-0.2, 0) is 32.6 Å². The molecule has 1 aliphatic carbocycles. The van der Waals surface area contributed by atoms with Gasteiger partial charge in [0.15, 0.2) is 5.78 Å². The van der Waals surface area contributed by atoms with E-state index >= 15 is 0 Å². The summed E-state index contributed by atoms with van der Waals surface area (Å²) < 4.78 is 2.20.